The van der Waals surface area contributed by atoms with Gasteiger partial charge in [0, 0.05) is 32.7 Å². The molecule has 0 bridgehead atoms. The number of halogens is 1. The normalized spacial score (nSPS) is 8.12. The molecule has 0 amide bonds. The Balaban J connectivity index is 0. The molecule has 2 rings (SSSR count). The molecule has 6 heteroatoms. The Morgan fingerprint density at radius 2 is 2.00 bits per heavy atom. The molecular weight excluding hydrogens is 298 g/mol. The van der Waals surface area contributed by atoms with E-state index in [1.807, 2.05) is 13.8 Å². The van der Waals surface area contributed by atoms with E-state index >= 15 is 0 Å². The van der Waals surface area contributed by atoms with Crippen LogP contribution in [0.1, 0.15) is 19.4 Å². The Hall–Kier alpha value is -0.986. The molecule has 0 saturated heterocycles. The maximum atomic E-state index is 13.0. The van der Waals surface area contributed by atoms with Crippen LogP contribution < -0.4 is 10.7 Å². The van der Waals surface area contributed by atoms with Gasteiger partial charge in [-0.05, 0) is 23.2 Å². The van der Waals surface area contributed by atoms with Crippen molar-refractivity contribution in [1.82, 2.24) is 9.97 Å². The maximum absolute atomic E-state index is 13.0. The third kappa shape index (κ3) is 4.06. The average molecular weight is 310 g/mol. The van der Waals surface area contributed by atoms with E-state index < -0.39 is 11.5 Å². The molecule has 4 nitrogen and oxygen atoms in total. The molecule has 2 aromatic rings. The number of nitrogens with zero attached hydrogens (tertiary/aromatic N) is 2. The van der Waals surface area contributed by atoms with Gasteiger partial charge in [0.05, 0.1) is 5.56 Å². The molecule has 1 heterocycles. The Morgan fingerprint density at radius 3 is 2.53 bits per heavy atom. The molecule has 17 heavy (non-hydrogen) atoms. The maximum Gasteiger partial charge on any atom is 0.160 e. The monoisotopic (exact) mass is 310 g/mol. The Morgan fingerprint density at radius 1 is 1.41 bits per heavy atom. The molecule has 0 spiro atoms. The molecule has 0 saturated carbocycles. The van der Waals surface area contributed by atoms with Crippen molar-refractivity contribution < 1.29 is 37.1 Å². The third-order valence-electron chi connectivity index (χ3n) is 1.67. The van der Waals surface area contributed by atoms with Crippen LogP contribution in [-0.2, 0) is 32.7 Å². The predicted molar refractivity (Wildman–Crippen MR) is 60.3 cm³/mol. The van der Waals surface area contributed by atoms with E-state index in [4.69, 9.17) is 5.26 Å². The summed E-state index contributed by atoms with van der Waals surface area (Å²) in [4.78, 5) is 16.6. The summed E-state index contributed by atoms with van der Waals surface area (Å²) in [6.07, 6.45) is 0. The molecule has 0 aliphatic heterocycles. The van der Waals surface area contributed by atoms with Gasteiger partial charge in [0.1, 0.15) is 11.9 Å². The summed E-state index contributed by atoms with van der Waals surface area (Å²) in [6.45, 7) is 4.00. The third-order valence-corrected chi connectivity index (χ3v) is 1.67. The van der Waals surface area contributed by atoms with Crippen LogP contribution in [0.3, 0.4) is 0 Å². The fourth-order valence-corrected chi connectivity index (χ4v) is 1.09. The quantitative estimate of drug-likeness (QED) is 0.756. The second-order valence-corrected chi connectivity index (χ2v) is 2.50. The zero-order chi connectivity index (χ0) is 11.4. The van der Waals surface area contributed by atoms with Crippen molar-refractivity contribution in [3.8, 4) is 6.07 Å². The number of benzene rings is 1. The zero-order valence-corrected chi connectivity index (χ0v) is 12.8. The summed E-state index contributed by atoms with van der Waals surface area (Å²) in [5, 5.41) is 8.48. The number of hydrogen-bond acceptors (Lipinski definition) is 2. The van der Waals surface area contributed by atoms with Crippen LogP contribution >= 0.6 is 0 Å². The Bertz CT molecular complexity index is 568. The molecule has 0 unspecified atom stereocenters. The number of H-pyrrole nitrogens is 1. The molecule has 0 atom stereocenters. The number of aromatic amines is 1. The molecule has 1 radical (unpaired) electrons. The van der Waals surface area contributed by atoms with Crippen molar-refractivity contribution in [2.24, 2.45) is 0 Å². The first kappa shape index (κ1) is 18.4. The van der Waals surface area contributed by atoms with Crippen molar-refractivity contribution in [3.05, 3.63) is 41.4 Å². The van der Waals surface area contributed by atoms with E-state index in [2.05, 4.69) is 9.97 Å². The van der Waals surface area contributed by atoms with Crippen molar-refractivity contribution >= 4 is 11.0 Å². The van der Waals surface area contributed by atoms with Gasteiger partial charge in [-0.15, -0.1) is 0 Å². The Labute approximate surface area is 124 Å². The summed E-state index contributed by atoms with van der Waals surface area (Å²) >= 11 is 0. The molecule has 0 aliphatic rings. The van der Waals surface area contributed by atoms with E-state index in [-0.39, 0.29) is 51.2 Å². The second-order valence-electron chi connectivity index (χ2n) is 2.50. The second kappa shape index (κ2) is 8.16. The minimum absolute atomic E-state index is 0. The summed E-state index contributed by atoms with van der Waals surface area (Å²) in [7, 11) is 0. The van der Waals surface area contributed by atoms with E-state index in [9.17, 15) is 9.18 Å². The van der Waals surface area contributed by atoms with Crippen LogP contribution in [0.15, 0.2) is 16.9 Å². The van der Waals surface area contributed by atoms with Crippen molar-refractivity contribution in [3.63, 3.8) is 0 Å². The number of aromatic nitrogens is 2. The minimum atomic E-state index is -0.665. The fourth-order valence-electron chi connectivity index (χ4n) is 1.09. The van der Waals surface area contributed by atoms with Gasteiger partial charge >= 0.3 is 0 Å². The van der Waals surface area contributed by atoms with Crippen LogP contribution in [0.25, 0.3) is 11.0 Å². The molecule has 1 aromatic heterocycles. The summed E-state index contributed by atoms with van der Waals surface area (Å²) in [5.74, 6) is -0.665. The van der Waals surface area contributed by atoms with Gasteiger partial charge in [0.2, 0.25) is 0 Å². The van der Waals surface area contributed by atoms with Gasteiger partial charge in [-0.25, -0.2) is 4.39 Å². The van der Waals surface area contributed by atoms with Crippen LogP contribution in [0.5, 0.6) is 0 Å². The number of nitriles is 1. The van der Waals surface area contributed by atoms with E-state index in [1.54, 1.807) is 6.07 Å². The number of imidazole rings is 1. The van der Waals surface area contributed by atoms with Gasteiger partial charge in [0.25, 0.3) is 0 Å². The Kier molecular flexibility index (Phi) is 8.82. The topological polar surface area (TPSA) is 70.8 Å². The van der Waals surface area contributed by atoms with Crippen LogP contribution in [0.2, 0.25) is 0 Å². The fraction of sp³-hybridized carbons (Fsp3) is 0.182. The van der Waals surface area contributed by atoms with Crippen molar-refractivity contribution in [1.29, 1.82) is 5.26 Å². The largest absolute Gasteiger partial charge is 0.424 e. The first-order valence-corrected chi connectivity index (χ1v) is 4.47. The van der Waals surface area contributed by atoms with Gasteiger partial charge < -0.3 is 17.4 Å². The summed E-state index contributed by atoms with van der Waals surface area (Å²) in [5.41, 5.74) is -0.0231. The summed E-state index contributed by atoms with van der Waals surface area (Å²) < 4.78 is 13.0. The van der Waals surface area contributed by atoms with Gasteiger partial charge in [-0.1, -0.05) is 13.8 Å². The van der Waals surface area contributed by atoms with Gasteiger partial charge in [-0.3, -0.25) is 4.79 Å². The molecule has 1 aromatic carbocycles. The first-order valence-electron chi connectivity index (χ1n) is 4.47. The molecule has 0 fully saturated rings. The smallest absolute Gasteiger partial charge is 0.160 e. The number of fused-ring (bicyclic) bond motifs is 1. The van der Waals surface area contributed by atoms with Crippen LogP contribution in [0.4, 0.5) is 4.39 Å². The number of nitrogens with one attached hydrogen (secondary N) is 1. The van der Waals surface area contributed by atoms with E-state index in [0.29, 0.717) is 5.52 Å². The van der Waals surface area contributed by atoms with E-state index in [0.717, 1.165) is 6.07 Å². The standard InChI is InChI=1S/C8H4FN3O.C2H6.CH3.Y/c9-5-2-7-6(1-4(5)3-10)11-8(13)12-7;1-2;;/h1-2H,(H2,11,12,13);1-2H3;1H3;/q;;-1;/p-1. The van der Waals surface area contributed by atoms with Crippen molar-refractivity contribution in [2.75, 3.05) is 0 Å². The summed E-state index contributed by atoms with van der Waals surface area (Å²) in [6, 6.07) is 4.00. The van der Waals surface area contributed by atoms with Crippen molar-refractivity contribution in [2.45, 2.75) is 13.8 Å². The zero-order valence-electron chi connectivity index (χ0n) is 9.91. The average Bonchev–Trinajstić information content (AvgIpc) is 2.59. The van der Waals surface area contributed by atoms with Gasteiger partial charge in [0.15, 0.2) is 5.69 Å². The number of hydrogen-bond donors (Lipinski definition) is 1. The minimum Gasteiger partial charge on any atom is -0.424 e. The first-order chi connectivity index (χ1) is 7.20. The molecule has 0 aliphatic carbocycles. The predicted octanol–water partition coefficient (Wildman–Crippen LogP) is 1.97. The van der Waals surface area contributed by atoms with Crippen LogP contribution in [-0.4, -0.2) is 4.98 Å². The molecular formula is C11H12FN3OY-2. The van der Waals surface area contributed by atoms with Gasteiger partial charge in [-0.2, -0.15) is 5.26 Å². The molecule has 89 valence electrons. The molecule has 1 N–H and O–H groups in total. The number of rotatable bonds is 0. The van der Waals surface area contributed by atoms with Crippen LogP contribution in [0, 0.1) is 24.6 Å². The SMILES string of the molecule is CC.N#Cc1cc2[nH]c(=O)[n-]c2cc1F.[CH3-].[Y]. The van der Waals surface area contributed by atoms with E-state index in [1.165, 1.54) is 6.07 Å².